The van der Waals surface area contributed by atoms with Crippen LogP contribution in [0.1, 0.15) is 31.7 Å². The molecule has 0 aliphatic carbocycles. The van der Waals surface area contributed by atoms with Crippen molar-refractivity contribution < 1.29 is 0 Å². The zero-order valence-corrected chi connectivity index (χ0v) is 7.56. The van der Waals surface area contributed by atoms with Crippen LogP contribution in [0.3, 0.4) is 0 Å². The average Bonchev–Trinajstić information content (AvgIpc) is 2.75. The van der Waals surface area contributed by atoms with Crippen molar-refractivity contribution in [2.75, 3.05) is 0 Å². The molecule has 0 saturated carbocycles. The van der Waals surface area contributed by atoms with Gasteiger partial charge in [0.25, 0.3) is 0 Å². The second-order valence-electron chi connectivity index (χ2n) is 4.14. The topological polar surface area (TPSA) is 42.7 Å². The molecule has 2 atom stereocenters. The van der Waals surface area contributed by atoms with Crippen LogP contribution in [0.2, 0.25) is 0 Å². The number of hydrogen-bond acceptors (Lipinski definition) is 3. The van der Waals surface area contributed by atoms with Crippen LogP contribution in [0, 0.1) is 0 Å². The summed E-state index contributed by atoms with van der Waals surface area (Å²) in [6, 6.07) is 2.04. The van der Waals surface area contributed by atoms with E-state index in [4.69, 9.17) is 0 Å². The molecule has 0 aromatic carbocycles. The summed E-state index contributed by atoms with van der Waals surface area (Å²) in [6.07, 6.45) is 8.60. The number of aromatic nitrogens is 3. The first-order valence-electron chi connectivity index (χ1n) is 5.02. The number of rotatable bonds is 1. The van der Waals surface area contributed by atoms with E-state index >= 15 is 0 Å². The Balaban J connectivity index is 1.80. The molecule has 2 aliphatic rings. The van der Waals surface area contributed by atoms with Crippen LogP contribution < -0.4 is 5.32 Å². The Labute approximate surface area is 77.4 Å². The number of fused-ring (bicyclic) bond motifs is 2. The van der Waals surface area contributed by atoms with E-state index in [0.29, 0.717) is 6.04 Å². The summed E-state index contributed by atoms with van der Waals surface area (Å²) in [5.41, 5.74) is 0. The van der Waals surface area contributed by atoms with Crippen LogP contribution in [0.15, 0.2) is 12.7 Å². The minimum absolute atomic E-state index is 0.584. The van der Waals surface area contributed by atoms with Gasteiger partial charge in [-0.1, -0.05) is 0 Å². The van der Waals surface area contributed by atoms with Gasteiger partial charge in [0, 0.05) is 12.1 Å². The standard InChI is InChI=1S/C9H14N4/c1-2-8-4-9(3-7(1)12-8)13-6-10-5-11-13/h5-9,12H,1-4H2. The van der Waals surface area contributed by atoms with E-state index < -0.39 is 0 Å². The molecular weight excluding hydrogens is 164 g/mol. The van der Waals surface area contributed by atoms with Gasteiger partial charge in [0.05, 0.1) is 6.04 Å². The molecule has 2 fully saturated rings. The number of piperidine rings is 1. The molecule has 2 saturated heterocycles. The van der Waals surface area contributed by atoms with E-state index in [1.54, 1.807) is 6.33 Å². The number of nitrogens with zero attached hydrogens (tertiary/aromatic N) is 3. The molecule has 2 aliphatic heterocycles. The largest absolute Gasteiger partial charge is 0.311 e. The van der Waals surface area contributed by atoms with Crippen molar-refractivity contribution in [1.29, 1.82) is 0 Å². The van der Waals surface area contributed by atoms with Crippen molar-refractivity contribution >= 4 is 0 Å². The molecule has 2 unspecified atom stereocenters. The minimum atomic E-state index is 0.584. The molecule has 3 rings (SSSR count). The molecule has 0 spiro atoms. The molecule has 0 amide bonds. The summed E-state index contributed by atoms with van der Waals surface area (Å²) in [6.45, 7) is 0. The van der Waals surface area contributed by atoms with Crippen molar-refractivity contribution in [3.63, 3.8) is 0 Å². The van der Waals surface area contributed by atoms with Gasteiger partial charge >= 0.3 is 0 Å². The monoisotopic (exact) mass is 178 g/mol. The highest BCUT2D eigenvalue weighted by Gasteiger charge is 2.34. The fourth-order valence-corrected chi connectivity index (χ4v) is 2.65. The quantitative estimate of drug-likeness (QED) is 0.689. The summed E-state index contributed by atoms with van der Waals surface area (Å²) >= 11 is 0. The minimum Gasteiger partial charge on any atom is -0.311 e. The molecule has 70 valence electrons. The highest BCUT2D eigenvalue weighted by molar-refractivity contribution is 4.93. The van der Waals surface area contributed by atoms with Gasteiger partial charge in [-0.15, -0.1) is 0 Å². The summed E-state index contributed by atoms with van der Waals surface area (Å²) in [5, 5.41) is 7.84. The lowest BCUT2D eigenvalue weighted by Gasteiger charge is -2.28. The van der Waals surface area contributed by atoms with Crippen molar-refractivity contribution in [3.05, 3.63) is 12.7 Å². The second-order valence-corrected chi connectivity index (χ2v) is 4.14. The van der Waals surface area contributed by atoms with Crippen molar-refractivity contribution in [1.82, 2.24) is 20.1 Å². The predicted octanol–water partition coefficient (Wildman–Crippen LogP) is 0.734. The Hall–Kier alpha value is -0.900. The zero-order chi connectivity index (χ0) is 8.67. The van der Waals surface area contributed by atoms with Crippen LogP contribution in [0.4, 0.5) is 0 Å². The number of nitrogens with one attached hydrogen (secondary N) is 1. The molecule has 1 N–H and O–H groups in total. The van der Waals surface area contributed by atoms with Crippen LogP contribution in [-0.2, 0) is 0 Å². The van der Waals surface area contributed by atoms with E-state index in [2.05, 4.69) is 15.4 Å². The normalized spacial score (nSPS) is 38.0. The highest BCUT2D eigenvalue weighted by atomic mass is 15.3. The van der Waals surface area contributed by atoms with E-state index in [1.165, 1.54) is 25.7 Å². The van der Waals surface area contributed by atoms with Gasteiger partial charge in [-0.2, -0.15) is 5.10 Å². The van der Waals surface area contributed by atoms with Crippen LogP contribution in [0.5, 0.6) is 0 Å². The summed E-state index contributed by atoms with van der Waals surface area (Å²) in [4.78, 5) is 4.00. The third-order valence-electron chi connectivity index (χ3n) is 3.26. The van der Waals surface area contributed by atoms with E-state index in [0.717, 1.165) is 12.1 Å². The van der Waals surface area contributed by atoms with E-state index in [-0.39, 0.29) is 0 Å². The molecule has 4 nitrogen and oxygen atoms in total. The van der Waals surface area contributed by atoms with E-state index in [1.807, 2.05) is 11.0 Å². The zero-order valence-electron chi connectivity index (χ0n) is 7.56. The predicted molar refractivity (Wildman–Crippen MR) is 48.2 cm³/mol. The van der Waals surface area contributed by atoms with Crippen LogP contribution in [0.25, 0.3) is 0 Å². The van der Waals surface area contributed by atoms with Gasteiger partial charge in [-0.25, -0.2) is 9.67 Å². The number of hydrogen-bond donors (Lipinski definition) is 1. The van der Waals surface area contributed by atoms with Gasteiger partial charge < -0.3 is 5.32 Å². The maximum atomic E-state index is 4.21. The van der Waals surface area contributed by atoms with Gasteiger partial charge in [0.1, 0.15) is 12.7 Å². The lowest BCUT2D eigenvalue weighted by Crippen LogP contribution is -2.38. The first kappa shape index (κ1) is 7.50. The Morgan fingerprint density at radius 3 is 2.62 bits per heavy atom. The first-order valence-corrected chi connectivity index (χ1v) is 5.02. The summed E-state index contributed by atoms with van der Waals surface area (Å²) in [7, 11) is 0. The summed E-state index contributed by atoms with van der Waals surface area (Å²) in [5.74, 6) is 0. The van der Waals surface area contributed by atoms with Gasteiger partial charge in [0.2, 0.25) is 0 Å². The Morgan fingerprint density at radius 2 is 2.00 bits per heavy atom. The lowest BCUT2D eigenvalue weighted by molar-refractivity contribution is 0.281. The summed E-state index contributed by atoms with van der Waals surface area (Å²) < 4.78 is 2.02. The van der Waals surface area contributed by atoms with Crippen LogP contribution >= 0.6 is 0 Å². The SMILES string of the molecule is c1ncn(C2CC3CCC(C2)N3)n1. The maximum absolute atomic E-state index is 4.21. The van der Waals surface area contributed by atoms with E-state index in [9.17, 15) is 0 Å². The molecule has 1 aromatic rings. The molecule has 0 radical (unpaired) electrons. The van der Waals surface area contributed by atoms with Gasteiger partial charge in [0.15, 0.2) is 0 Å². The van der Waals surface area contributed by atoms with Crippen LogP contribution in [-0.4, -0.2) is 26.8 Å². The second kappa shape index (κ2) is 2.80. The molecule has 1 aromatic heterocycles. The first-order chi connectivity index (χ1) is 6.42. The molecule has 4 heteroatoms. The molecule has 13 heavy (non-hydrogen) atoms. The van der Waals surface area contributed by atoms with Gasteiger partial charge in [-0.05, 0) is 25.7 Å². The maximum Gasteiger partial charge on any atom is 0.137 e. The van der Waals surface area contributed by atoms with Crippen molar-refractivity contribution in [2.45, 2.75) is 43.8 Å². The molecule has 2 bridgehead atoms. The van der Waals surface area contributed by atoms with Gasteiger partial charge in [-0.3, -0.25) is 0 Å². The van der Waals surface area contributed by atoms with Crippen molar-refractivity contribution in [2.24, 2.45) is 0 Å². The lowest BCUT2D eigenvalue weighted by atomic mass is 10.0. The molecule has 3 heterocycles. The fourth-order valence-electron chi connectivity index (χ4n) is 2.65. The third kappa shape index (κ3) is 1.25. The Bertz CT molecular complexity index is 270. The molecular formula is C9H14N4. The Kier molecular flexibility index (Phi) is 1.62. The third-order valence-corrected chi connectivity index (χ3v) is 3.26. The Morgan fingerprint density at radius 1 is 1.23 bits per heavy atom. The average molecular weight is 178 g/mol. The smallest absolute Gasteiger partial charge is 0.137 e. The van der Waals surface area contributed by atoms with Crippen molar-refractivity contribution in [3.8, 4) is 0 Å². The highest BCUT2D eigenvalue weighted by Crippen LogP contribution is 2.32. The fraction of sp³-hybridized carbons (Fsp3) is 0.778.